The Morgan fingerprint density at radius 1 is 1.05 bits per heavy atom. The van der Waals surface area contributed by atoms with Crippen molar-refractivity contribution in [3.63, 3.8) is 0 Å². The molecule has 2 aromatic carbocycles. The summed E-state index contributed by atoms with van der Waals surface area (Å²) < 4.78 is 12.3. The Balaban J connectivity index is 2.25. The summed E-state index contributed by atoms with van der Waals surface area (Å²) >= 11 is 6.96. The Bertz CT molecular complexity index is 686. The third-order valence-electron chi connectivity index (χ3n) is 3.02. The molecule has 0 amide bonds. The lowest BCUT2D eigenvalue weighted by Gasteiger charge is -2.13. The molecule has 0 saturated heterocycles. The van der Waals surface area contributed by atoms with Gasteiger partial charge in [0, 0.05) is 5.56 Å². The van der Waals surface area contributed by atoms with Crippen molar-refractivity contribution in [3.8, 4) is 11.5 Å². The van der Waals surface area contributed by atoms with Gasteiger partial charge in [-0.2, -0.15) is 5.10 Å². The summed E-state index contributed by atoms with van der Waals surface area (Å²) in [6, 6.07) is 9.90. The first-order valence-electron chi connectivity index (χ1n) is 6.52. The molecule has 6 heteroatoms. The minimum absolute atomic E-state index is 0.662. The van der Waals surface area contributed by atoms with E-state index in [1.54, 1.807) is 20.4 Å². The van der Waals surface area contributed by atoms with Crippen molar-refractivity contribution in [2.24, 2.45) is 5.10 Å². The van der Waals surface area contributed by atoms with Crippen LogP contribution in [0.15, 0.2) is 44.4 Å². The van der Waals surface area contributed by atoms with Gasteiger partial charge in [-0.05, 0) is 57.0 Å². The zero-order chi connectivity index (χ0) is 16.1. The molecule has 0 spiro atoms. The molecule has 0 radical (unpaired) electrons. The van der Waals surface area contributed by atoms with Crippen LogP contribution in [0, 0.1) is 6.92 Å². The van der Waals surface area contributed by atoms with Gasteiger partial charge in [0.2, 0.25) is 0 Å². The van der Waals surface area contributed by atoms with Crippen LogP contribution < -0.4 is 14.9 Å². The first-order chi connectivity index (χ1) is 10.6. The number of nitrogens with one attached hydrogen (secondary N) is 1. The zero-order valence-corrected chi connectivity index (χ0v) is 15.7. The molecule has 0 saturated carbocycles. The number of rotatable bonds is 5. The minimum atomic E-state index is 0.662. The molecule has 0 aromatic heterocycles. The third-order valence-corrected chi connectivity index (χ3v) is 4.33. The molecule has 22 heavy (non-hydrogen) atoms. The maximum Gasteiger partial charge on any atom is 0.151 e. The number of methoxy groups -OCH3 is 2. The van der Waals surface area contributed by atoms with Crippen LogP contribution in [0.3, 0.4) is 0 Å². The standard InChI is InChI=1S/C16H16Br2N2O2/c1-10-4-6-12(7-5-10)20-19-9-11-8-13(17)16(22-3)14(18)15(11)21-2/h4-9,20H,1-3H3/b19-9+. The van der Waals surface area contributed by atoms with E-state index in [0.717, 1.165) is 20.2 Å². The van der Waals surface area contributed by atoms with Crippen LogP contribution in [-0.2, 0) is 0 Å². The normalized spacial score (nSPS) is 10.8. The molecule has 116 valence electrons. The molecule has 2 rings (SSSR count). The number of hydrogen-bond donors (Lipinski definition) is 1. The number of anilines is 1. The van der Waals surface area contributed by atoms with Crippen LogP contribution in [0.4, 0.5) is 5.69 Å². The minimum Gasteiger partial charge on any atom is -0.495 e. The van der Waals surface area contributed by atoms with Crippen molar-refractivity contribution in [2.45, 2.75) is 6.92 Å². The second-order valence-corrected chi connectivity index (χ2v) is 6.21. The van der Waals surface area contributed by atoms with E-state index in [9.17, 15) is 0 Å². The third kappa shape index (κ3) is 3.81. The average molecular weight is 428 g/mol. The predicted octanol–water partition coefficient (Wildman–Crippen LogP) is 4.98. The average Bonchev–Trinajstić information content (AvgIpc) is 2.50. The molecule has 0 aliphatic rings. The van der Waals surface area contributed by atoms with Crippen molar-refractivity contribution in [3.05, 3.63) is 50.4 Å². The van der Waals surface area contributed by atoms with E-state index in [0.29, 0.717) is 11.5 Å². The molecule has 0 unspecified atom stereocenters. The maximum atomic E-state index is 5.43. The highest BCUT2D eigenvalue weighted by Crippen LogP contribution is 2.42. The highest BCUT2D eigenvalue weighted by atomic mass is 79.9. The Morgan fingerprint density at radius 2 is 1.68 bits per heavy atom. The van der Waals surface area contributed by atoms with Crippen LogP contribution in [0.5, 0.6) is 11.5 Å². The monoisotopic (exact) mass is 426 g/mol. The molecule has 0 fully saturated rings. The van der Waals surface area contributed by atoms with Gasteiger partial charge in [-0.15, -0.1) is 0 Å². The molecule has 0 heterocycles. The largest absolute Gasteiger partial charge is 0.495 e. The van der Waals surface area contributed by atoms with Gasteiger partial charge in [-0.1, -0.05) is 17.7 Å². The van der Waals surface area contributed by atoms with Crippen LogP contribution in [0.25, 0.3) is 0 Å². The van der Waals surface area contributed by atoms with Crippen LogP contribution >= 0.6 is 31.9 Å². The predicted molar refractivity (Wildman–Crippen MR) is 97.3 cm³/mol. The van der Waals surface area contributed by atoms with Crippen molar-refractivity contribution < 1.29 is 9.47 Å². The van der Waals surface area contributed by atoms with Gasteiger partial charge in [0.15, 0.2) is 5.75 Å². The topological polar surface area (TPSA) is 42.8 Å². The lowest BCUT2D eigenvalue weighted by atomic mass is 10.2. The Hall–Kier alpha value is -1.53. The number of hydrogen-bond acceptors (Lipinski definition) is 4. The van der Waals surface area contributed by atoms with Crippen molar-refractivity contribution in [1.82, 2.24) is 0 Å². The second kappa shape index (κ2) is 7.65. The molecule has 1 N–H and O–H groups in total. The van der Waals surface area contributed by atoms with Gasteiger partial charge in [0.1, 0.15) is 10.2 Å². The summed E-state index contributed by atoms with van der Waals surface area (Å²) in [5.74, 6) is 1.34. The summed E-state index contributed by atoms with van der Waals surface area (Å²) in [6.45, 7) is 2.05. The van der Waals surface area contributed by atoms with E-state index in [1.165, 1.54) is 5.56 Å². The lowest BCUT2D eigenvalue weighted by Crippen LogP contribution is -1.98. The van der Waals surface area contributed by atoms with E-state index >= 15 is 0 Å². The quantitative estimate of drug-likeness (QED) is 0.540. The van der Waals surface area contributed by atoms with Crippen LogP contribution in [0.1, 0.15) is 11.1 Å². The fourth-order valence-electron chi connectivity index (χ4n) is 1.90. The smallest absolute Gasteiger partial charge is 0.151 e. The van der Waals surface area contributed by atoms with Gasteiger partial charge in [0.25, 0.3) is 0 Å². The van der Waals surface area contributed by atoms with Crippen LogP contribution in [-0.4, -0.2) is 20.4 Å². The first kappa shape index (κ1) is 16.8. The highest BCUT2D eigenvalue weighted by Gasteiger charge is 2.15. The molecule has 0 aliphatic heterocycles. The molecular formula is C16H16Br2N2O2. The lowest BCUT2D eigenvalue weighted by molar-refractivity contribution is 0.387. The second-order valence-electron chi connectivity index (χ2n) is 4.56. The van der Waals surface area contributed by atoms with Gasteiger partial charge in [-0.3, -0.25) is 5.43 Å². The van der Waals surface area contributed by atoms with E-state index in [2.05, 4.69) is 42.4 Å². The zero-order valence-electron chi connectivity index (χ0n) is 12.5. The Kier molecular flexibility index (Phi) is 5.85. The maximum absolute atomic E-state index is 5.43. The number of halogens is 2. The number of ether oxygens (including phenoxy) is 2. The van der Waals surface area contributed by atoms with E-state index < -0.39 is 0 Å². The summed E-state index contributed by atoms with van der Waals surface area (Å²) in [5.41, 5.74) is 5.94. The number of nitrogens with zero attached hydrogens (tertiary/aromatic N) is 1. The summed E-state index contributed by atoms with van der Waals surface area (Å²) in [6.07, 6.45) is 1.70. The van der Waals surface area contributed by atoms with Gasteiger partial charge in [-0.25, -0.2) is 0 Å². The number of aryl methyl sites for hydroxylation is 1. The molecule has 0 aliphatic carbocycles. The van der Waals surface area contributed by atoms with E-state index in [-0.39, 0.29) is 0 Å². The fraction of sp³-hybridized carbons (Fsp3) is 0.188. The van der Waals surface area contributed by atoms with Gasteiger partial charge >= 0.3 is 0 Å². The van der Waals surface area contributed by atoms with Gasteiger partial charge in [0.05, 0.1) is 30.6 Å². The molecule has 0 bridgehead atoms. The first-order valence-corrected chi connectivity index (χ1v) is 8.11. The number of hydrazone groups is 1. The molecule has 4 nitrogen and oxygen atoms in total. The van der Waals surface area contributed by atoms with Crippen LogP contribution in [0.2, 0.25) is 0 Å². The number of benzene rings is 2. The Morgan fingerprint density at radius 3 is 2.27 bits per heavy atom. The SMILES string of the molecule is COc1c(Br)cc(/C=N/Nc2ccc(C)cc2)c(OC)c1Br. The van der Waals surface area contributed by atoms with Crippen molar-refractivity contribution in [1.29, 1.82) is 0 Å². The van der Waals surface area contributed by atoms with E-state index in [1.807, 2.05) is 37.3 Å². The Labute approximate surface area is 146 Å². The molecule has 2 aromatic rings. The van der Waals surface area contributed by atoms with Crippen molar-refractivity contribution >= 4 is 43.8 Å². The molecular weight excluding hydrogens is 412 g/mol. The summed E-state index contributed by atoms with van der Waals surface area (Å²) in [5, 5.41) is 4.25. The highest BCUT2D eigenvalue weighted by molar-refractivity contribution is 9.11. The summed E-state index contributed by atoms with van der Waals surface area (Å²) in [4.78, 5) is 0. The van der Waals surface area contributed by atoms with Crippen molar-refractivity contribution in [2.75, 3.05) is 19.6 Å². The molecule has 0 atom stereocenters. The summed E-state index contributed by atoms with van der Waals surface area (Å²) in [7, 11) is 3.22. The fourth-order valence-corrected chi connectivity index (χ4v) is 3.54. The van der Waals surface area contributed by atoms with E-state index in [4.69, 9.17) is 9.47 Å². The van der Waals surface area contributed by atoms with Gasteiger partial charge < -0.3 is 9.47 Å².